The van der Waals surface area contributed by atoms with E-state index in [0.29, 0.717) is 25.3 Å². The molecule has 1 aromatic carbocycles. The summed E-state index contributed by atoms with van der Waals surface area (Å²) >= 11 is 1.63. The maximum absolute atomic E-state index is 11.9. The molecule has 1 amide bonds. The van der Waals surface area contributed by atoms with Crippen LogP contribution in [-0.4, -0.2) is 18.0 Å². The molecule has 0 saturated carbocycles. The minimum absolute atomic E-state index is 0.0529. The number of benzene rings is 1. The van der Waals surface area contributed by atoms with E-state index < -0.39 is 0 Å². The summed E-state index contributed by atoms with van der Waals surface area (Å²) < 4.78 is 5.11. The smallest absolute Gasteiger partial charge is 0.220 e. The molecule has 0 atom stereocenters. The highest BCUT2D eigenvalue weighted by atomic mass is 32.1. The lowest BCUT2D eigenvalue weighted by molar-refractivity contribution is -0.121. The summed E-state index contributed by atoms with van der Waals surface area (Å²) in [6.45, 7) is 4.79. The lowest BCUT2D eigenvalue weighted by Gasteiger charge is -2.06. The van der Waals surface area contributed by atoms with Crippen molar-refractivity contribution in [1.29, 1.82) is 0 Å². The van der Waals surface area contributed by atoms with Crippen LogP contribution in [0.5, 0.6) is 5.75 Å². The van der Waals surface area contributed by atoms with E-state index in [9.17, 15) is 4.79 Å². The van der Waals surface area contributed by atoms with Gasteiger partial charge in [0.1, 0.15) is 5.75 Å². The van der Waals surface area contributed by atoms with Crippen molar-refractivity contribution < 1.29 is 9.53 Å². The molecule has 1 heterocycles. The first kappa shape index (κ1) is 16.5. The molecule has 2 rings (SSSR count). The van der Waals surface area contributed by atoms with Crippen LogP contribution in [0.4, 0.5) is 0 Å². The number of thiazole rings is 1. The summed E-state index contributed by atoms with van der Waals surface area (Å²) in [6, 6.07) is 7.69. The minimum atomic E-state index is 0.0529. The second kappa shape index (κ2) is 7.94. The quantitative estimate of drug-likeness (QED) is 0.850. The van der Waals surface area contributed by atoms with Crippen LogP contribution in [0, 0.1) is 0 Å². The van der Waals surface area contributed by atoms with E-state index in [2.05, 4.69) is 29.5 Å². The third-order valence-corrected chi connectivity index (χ3v) is 4.30. The van der Waals surface area contributed by atoms with Crippen molar-refractivity contribution in [3.05, 3.63) is 45.9 Å². The first-order chi connectivity index (χ1) is 10.6. The second-order valence-corrected chi connectivity index (χ2v) is 6.39. The number of nitrogens with zero attached hydrogens (tertiary/aromatic N) is 1. The first-order valence-electron chi connectivity index (χ1n) is 7.42. The molecule has 0 aliphatic rings. The number of rotatable bonds is 7. The Hall–Kier alpha value is -1.88. The molecular formula is C17H22N2O2S. The van der Waals surface area contributed by atoms with Crippen LogP contribution in [0.1, 0.15) is 42.5 Å². The molecule has 0 spiro atoms. The van der Waals surface area contributed by atoms with Gasteiger partial charge in [-0.1, -0.05) is 26.0 Å². The standard InChI is InChI=1S/C17H22N2O2S/c1-12(2)15-11-22-17(19-15)9-8-16(20)18-10-13-4-6-14(21-3)7-5-13/h4-7,11-12H,8-10H2,1-3H3,(H,18,20). The van der Waals surface area contributed by atoms with Crippen molar-refractivity contribution >= 4 is 17.2 Å². The number of carbonyl (C=O) groups is 1. The number of aromatic nitrogens is 1. The molecule has 0 aliphatic heterocycles. The zero-order chi connectivity index (χ0) is 15.9. The summed E-state index contributed by atoms with van der Waals surface area (Å²) in [7, 11) is 1.64. The molecule has 0 bridgehead atoms. The second-order valence-electron chi connectivity index (χ2n) is 5.45. The molecule has 0 saturated heterocycles. The summed E-state index contributed by atoms with van der Waals surface area (Å²) in [6.07, 6.45) is 1.17. The number of amides is 1. The molecule has 0 radical (unpaired) electrons. The van der Waals surface area contributed by atoms with E-state index in [0.717, 1.165) is 22.0 Å². The van der Waals surface area contributed by atoms with Crippen molar-refractivity contribution in [3.63, 3.8) is 0 Å². The summed E-state index contributed by atoms with van der Waals surface area (Å²) in [5, 5.41) is 6.04. The van der Waals surface area contributed by atoms with Gasteiger partial charge in [-0.25, -0.2) is 4.98 Å². The van der Waals surface area contributed by atoms with E-state index in [1.807, 2.05) is 24.3 Å². The number of aryl methyl sites for hydroxylation is 1. The number of ether oxygens (including phenoxy) is 1. The maximum Gasteiger partial charge on any atom is 0.220 e. The Balaban J connectivity index is 1.75. The average molecular weight is 318 g/mol. The topological polar surface area (TPSA) is 51.2 Å². The normalized spacial score (nSPS) is 10.7. The third kappa shape index (κ3) is 4.84. The van der Waals surface area contributed by atoms with Crippen LogP contribution in [0.2, 0.25) is 0 Å². The Morgan fingerprint density at radius 2 is 2.05 bits per heavy atom. The fraction of sp³-hybridized carbons (Fsp3) is 0.412. The van der Waals surface area contributed by atoms with Crippen molar-refractivity contribution in [3.8, 4) is 5.75 Å². The average Bonchev–Trinajstić information content (AvgIpc) is 3.00. The summed E-state index contributed by atoms with van der Waals surface area (Å²) in [5.41, 5.74) is 2.17. The molecule has 1 aromatic heterocycles. The molecule has 0 aliphatic carbocycles. The fourth-order valence-corrected chi connectivity index (χ4v) is 2.92. The van der Waals surface area contributed by atoms with Crippen LogP contribution < -0.4 is 10.1 Å². The molecule has 1 N–H and O–H groups in total. The number of hydrogen-bond acceptors (Lipinski definition) is 4. The molecule has 0 unspecified atom stereocenters. The zero-order valence-corrected chi connectivity index (χ0v) is 14.1. The van der Waals surface area contributed by atoms with Gasteiger partial charge in [0.15, 0.2) is 0 Å². The molecule has 2 aromatic rings. The first-order valence-corrected chi connectivity index (χ1v) is 8.30. The van der Waals surface area contributed by atoms with Gasteiger partial charge < -0.3 is 10.1 Å². The van der Waals surface area contributed by atoms with Gasteiger partial charge in [0, 0.05) is 24.8 Å². The van der Waals surface area contributed by atoms with Crippen molar-refractivity contribution in [2.24, 2.45) is 0 Å². The van der Waals surface area contributed by atoms with Crippen molar-refractivity contribution in [2.75, 3.05) is 7.11 Å². The van der Waals surface area contributed by atoms with Gasteiger partial charge in [-0.15, -0.1) is 11.3 Å². The Kier molecular flexibility index (Phi) is 5.95. The van der Waals surface area contributed by atoms with Crippen LogP contribution in [0.3, 0.4) is 0 Å². The van der Waals surface area contributed by atoms with Crippen LogP contribution in [-0.2, 0) is 17.8 Å². The summed E-state index contributed by atoms with van der Waals surface area (Å²) in [5.74, 6) is 1.31. The lowest BCUT2D eigenvalue weighted by atomic mass is 10.2. The largest absolute Gasteiger partial charge is 0.497 e. The van der Waals surface area contributed by atoms with Crippen LogP contribution in [0.15, 0.2) is 29.6 Å². The van der Waals surface area contributed by atoms with E-state index >= 15 is 0 Å². The Bertz CT molecular complexity index is 605. The van der Waals surface area contributed by atoms with E-state index in [1.54, 1.807) is 18.4 Å². The molecule has 118 valence electrons. The number of nitrogens with one attached hydrogen (secondary N) is 1. The number of hydrogen-bond donors (Lipinski definition) is 1. The van der Waals surface area contributed by atoms with Crippen molar-refractivity contribution in [2.45, 2.75) is 39.2 Å². The van der Waals surface area contributed by atoms with Gasteiger partial charge in [0.2, 0.25) is 5.91 Å². The highest BCUT2D eigenvalue weighted by Crippen LogP contribution is 2.18. The van der Waals surface area contributed by atoms with Crippen LogP contribution >= 0.6 is 11.3 Å². The van der Waals surface area contributed by atoms with E-state index in [-0.39, 0.29) is 5.91 Å². The monoisotopic (exact) mass is 318 g/mol. The van der Waals surface area contributed by atoms with Gasteiger partial charge in [-0.05, 0) is 23.6 Å². The molecule has 5 heteroatoms. The van der Waals surface area contributed by atoms with Gasteiger partial charge in [0.25, 0.3) is 0 Å². The Morgan fingerprint density at radius 3 is 2.64 bits per heavy atom. The predicted octanol–water partition coefficient (Wildman–Crippen LogP) is 3.52. The number of carbonyl (C=O) groups excluding carboxylic acids is 1. The minimum Gasteiger partial charge on any atom is -0.497 e. The van der Waals surface area contributed by atoms with E-state index in [1.165, 1.54) is 0 Å². The maximum atomic E-state index is 11.9. The third-order valence-electron chi connectivity index (χ3n) is 3.38. The lowest BCUT2D eigenvalue weighted by Crippen LogP contribution is -2.22. The fourth-order valence-electron chi connectivity index (χ4n) is 1.96. The number of methoxy groups -OCH3 is 1. The summed E-state index contributed by atoms with van der Waals surface area (Å²) in [4.78, 5) is 16.4. The zero-order valence-electron chi connectivity index (χ0n) is 13.3. The SMILES string of the molecule is COc1ccc(CNC(=O)CCc2nc(C(C)C)cs2)cc1. The van der Waals surface area contributed by atoms with Crippen molar-refractivity contribution in [1.82, 2.24) is 10.3 Å². The van der Waals surface area contributed by atoms with Gasteiger partial charge >= 0.3 is 0 Å². The van der Waals surface area contributed by atoms with E-state index in [4.69, 9.17) is 4.74 Å². The van der Waals surface area contributed by atoms with Crippen LogP contribution in [0.25, 0.3) is 0 Å². The molecule has 4 nitrogen and oxygen atoms in total. The predicted molar refractivity (Wildman–Crippen MR) is 89.4 cm³/mol. The molecule has 0 fully saturated rings. The van der Waals surface area contributed by atoms with Gasteiger partial charge in [-0.3, -0.25) is 4.79 Å². The highest BCUT2D eigenvalue weighted by Gasteiger charge is 2.08. The molecule has 22 heavy (non-hydrogen) atoms. The Labute approximate surface area is 135 Å². The Morgan fingerprint density at radius 1 is 1.32 bits per heavy atom. The van der Waals surface area contributed by atoms with Gasteiger partial charge in [0.05, 0.1) is 17.8 Å². The van der Waals surface area contributed by atoms with Gasteiger partial charge in [-0.2, -0.15) is 0 Å². The molecular weight excluding hydrogens is 296 g/mol. The highest BCUT2D eigenvalue weighted by molar-refractivity contribution is 7.09.